The number of aromatic nitrogens is 2. The highest BCUT2D eigenvalue weighted by atomic mass is 32.1. The second-order valence-electron chi connectivity index (χ2n) is 6.45. The molecule has 0 amide bonds. The molecule has 1 aromatic carbocycles. The van der Waals surface area contributed by atoms with Gasteiger partial charge >= 0.3 is 0 Å². The van der Waals surface area contributed by atoms with Crippen LogP contribution in [0.25, 0.3) is 5.52 Å². The van der Waals surface area contributed by atoms with Crippen molar-refractivity contribution in [1.82, 2.24) is 9.61 Å². The summed E-state index contributed by atoms with van der Waals surface area (Å²) in [6.45, 7) is 12.3. The van der Waals surface area contributed by atoms with Gasteiger partial charge in [0.2, 0.25) is 0 Å². The van der Waals surface area contributed by atoms with Crippen molar-refractivity contribution >= 4 is 18.1 Å². The Morgan fingerprint density at radius 2 is 1.64 bits per heavy atom. The van der Waals surface area contributed by atoms with E-state index in [1.165, 1.54) is 11.1 Å². The molecule has 0 saturated carbocycles. The molecule has 0 fully saturated rings. The van der Waals surface area contributed by atoms with E-state index in [0.29, 0.717) is 0 Å². The monoisotopic (exact) mass is 358 g/mol. The Kier molecular flexibility index (Phi) is 8.20. The lowest BCUT2D eigenvalue weighted by molar-refractivity contribution is 0.218. The maximum absolute atomic E-state index is 9.30. The predicted octanol–water partition coefficient (Wildman–Crippen LogP) is 5.22. The van der Waals surface area contributed by atoms with Crippen LogP contribution in [0.15, 0.2) is 53.7 Å². The average Bonchev–Trinajstić information content (AvgIpc) is 3.00. The standard InChI is InChI=1S/C12H16N2O.C7H8S.C2H6/c1-9-6-13-14-7-10(4-5-11(9)14)12(2,3)8-15;1-6-2-4-7(8)5-3-6;1-2/h4-7,15H,8H2,1-3H3;2-5,8H,1H3;1-2H3. The van der Waals surface area contributed by atoms with Gasteiger partial charge in [-0.1, -0.05) is 51.5 Å². The number of aryl methyl sites for hydroxylation is 2. The van der Waals surface area contributed by atoms with Crippen LogP contribution in [-0.2, 0) is 5.41 Å². The largest absolute Gasteiger partial charge is 0.395 e. The fraction of sp³-hybridized carbons (Fsp3) is 0.381. The van der Waals surface area contributed by atoms with E-state index in [0.717, 1.165) is 16.0 Å². The Labute approximate surface area is 157 Å². The van der Waals surface area contributed by atoms with Crippen molar-refractivity contribution in [3.63, 3.8) is 0 Å². The Bertz CT molecular complexity index is 755. The van der Waals surface area contributed by atoms with Crippen LogP contribution < -0.4 is 0 Å². The van der Waals surface area contributed by atoms with E-state index >= 15 is 0 Å². The van der Waals surface area contributed by atoms with Crippen LogP contribution in [0.5, 0.6) is 0 Å². The molecule has 25 heavy (non-hydrogen) atoms. The topological polar surface area (TPSA) is 37.5 Å². The van der Waals surface area contributed by atoms with Gasteiger partial charge in [0.1, 0.15) is 0 Å². The van der Waals surface area contributed by atoms with Gasteiger partial charge in [0.25, 0.3) is 0 Å². The maximum Gasteiger partial charge on any atom is 0.0690 e. The molecule has 2 heterocycles. The third-order valence-electron chi connectivity index (χ3n) is 3.92. The summed E-state index contributed by atoms with van der Waals surface area (Å²) in [6.07, 6.45) is 3.84. The first-order valence-corrected chi connectivity index (χ1v) is 9.09. The summed E-state index contributed by atoms with van der Waals surface area (Å²) in [7, 11) is 0. The van der Waals surface area contributed by atoms with E-state index in [1.807, 2.05) is 75.8 Å². The van der Waals surface area contributed by atoms with Crippen LogP contribution in [0.2, 0.25) is 0 Å². The highest BCUT2D eigenvalue weighted by Gasteiger charge is 2.19. The first kappa shape index (κ1) is 21.3. The molecule has 0 aliphatic rings. The Hall–Kier alpha value is -1.78. The third-order valence-corrected chi connectivity index (χ3v) is 4.22. The first-order valence-electron chi connectivity index (χ1n) is 8.64. The molecule has 0 saturated heterocycles. The van der Waals surface area contributed by atoms with Crippen molar-refractivity contribution in [2.24, 2.45) is 0 Å². The summed E-state index contributed by atoms with van der Waals surface area (Å²) >= 11 is 4.13. The number of aliphatic hydroxyl groups excluding tert-OH is 1. The number of rotatable bonds is 2. The minimum absolute atomic E-state index is 0.138. The Morgan fingerprint density at radius 1 is 1.04 bits per heavy atom. The number of nitrogens with zero attached hydrogens (tertiary/aromatic N) is 2. The second kappa shape index (κ2) is 9.64. The SMILES string of the molecule is CC.Cc1ccc(S)cc1.Cc1cnn2cc(C(C)(C)CO)ccc12. The van der Waals surface area contributed by atoms with Gasteiger partial charge in [0, 0.05) is 16.5 Å². The minimum atomic E-state index is -0.214. The van der Waals surface area contributed by atoms with Crippen LogP contribution in [0.3, 0.4) is 0 Å². The Balaban J connectivity index is 0.000000264. The molecule has 0 unspecified atom stereocenters. The van der Waals surface area contributed by atoms with Crippen LogP contribution in [-0.4, -0.2) is 21.3 Å². The molecule has 1 N–H and O–H groups in total. The van der Waals surface area contributed by atoms with Crippen molar-refractivity contribution in [3.8, 4) is 0 Å². The van der Waals surface area contributed by atoms with Gasteiger partial charge < -0.3 is 5.11 Å². The first-order chi connectivity index (χ1) is 11.8. The van der Waals surface area contributed by atoms with E-state index in [4.69, 9.17) is 0 Å². The highest BCUT2D eigenvalue weighted by Crippen LogP contribution is 2.23. The number of hydrogen-bond donors (Lipinski definition) is 2. The van der Waals surface area contributed by atoms with Gasteiger partial charge in [-0.2, -0.15) is 5.10 Å². The van der Waals surface area contributed by atoms with E-state index in [9.17, 15) is 5.11 Å². The van der Waals surface area contributed by atoms with Gasteiger partial charge in [0.15, 0.2) is 0 Å². The number of thiol groups is 1. The number of hydrogen-bond acceptors (Lipinski definition) is 3. The fourth-order valence-corrected chi connectivity index (χ4v) is 2.30. The molecule has 0 radical (unpaired) electrons. The van der Waals surface area contributed by atoms with E-state index in [-0.39, 0.29) is 12.0 Å². The molecule has 0 aliphatic carbocycles. The minimum Gasteiger partial charge on any atom is -0.395 e. The molecule has 0 bridgehead atoms. The second-order valence-corrected chi connectivity index (χ2v) is 6.97. The van der Waals surface area contributed by atoms with E-state index < -0.39 is 0 Å². The smallest absolute Gasteiger partial charge is 0.0690 e. The van der Waals surface area contributed by atoms with Gasteiger partial charge in [0.05, 0.1) is 18.3 Å². The number of fused-ring (bicyclic) bond motifs is 1. The lowest BCUT2D eigenvalue weighted by Crippen LogP contribution is -2.22. The zero-order chi connectivity index (χ0) is 19.0. The van der Waals surface area contributed by atoms with Crippen LogP contribution in [0, 0.1) is 13.8 Å². The maximum atomic E-state index is 9.30. The predicted molar refractivity (Wildman–Crippen MR) is 110 cm³/mol. The Morgan fingerprint density at radius 3 is 2.16 bits per heavy atom. The van der Waals surface area contributed by atoms with Crippen molar-refractivity contribution in [2.75, 3.05) is 6.61 Å². The molecule has 3 rings (SSSR count). The zero-order valence-corrected chi connectivity index (χ0v) is 17.0. The van der Waals surface area contributed by atoms with Gasteiger partial charge in [-0.05, 0) is 43.2 Å². The third kappa shape index (κ3) is 5.91. The van der Waals surface area contributed by atoms with E-state index in [2.05, 4.69) is 36.8 Å². The van der Waals surface area contributed by atoms with Crippen molar-refractivity contribution < 1.29 is 5.11 Å². The summed E-state index contributed by atoms with van der Waals surface area (Å²) in [5.74, 6) is 0. The summed E-state index contributed by atoms with van der Waals surface area (Å²) in [5, 5.41) is 13.6. The average molecular weight is 359 g/mol. The number of aliphatic hydroxyl groups is 1. The molecule has 3 aromatic rings. The fourth-order valence-electron chi connectivity index (χ4n) is 2.15. The quantitative estimate of drug-likeness (QED) is 0.616. The number of benzene rings is 1. The molecule has 136 valence electrons. The molecule has 0 spiro atoms. The highest BCUT2D eigenvalue weighted by molar-refractivity contribution is 7.80. The molecular formula is C21H30N2OS. The van der Waals surface area contributed by atoms with Crippen LogP contribution >= 0.6 is 12.6 Å². The summed E-state index contributed by atoms with van der Waals surface area (Å²) in [5.41, 5.74) is 4.45. The lowest BCUT2D eigenvalue weighted by Gasteiger charge is -2.21. The van der Waals surface area contributed by atoms with Crippen LogP contribution in [0.1, 0.15) is 44.4 Å². The number of pyridine rings is 1. The molecule has 2 aromatic heterocycles. The van der Waals surface area contributed by atoms with Crippen LogP contribution in [0.4, 0.5) is 0 Å². The summed E-state index contributed by atoms with van der Waals surface area (Å²) in [6, 6.07) is 12.2. The van der Waals surface area contributed by atoms with Crippen molar-refractivity contribution in [1.29, 1.82) is 0 Å². The summed E-state index contributed by atoms with van der Waals surface area (Å²) < 4.78 is 1.86. The molecule has 0 atom stereocenters. The molecular weight excluding hydrogens is 328 g/mol. The summed E-state index contributed by atoms with van der Waals surface area (Å²) in [4.78, 5) is 1.02. The van der Waals surface area contributed by atoms with Crippen molar-refractivity contribution in [3.05, 3.63) is 65.5 Å². The lowest BCUT2D eigenvalue weighted by atomic mass is 9.87. The molecule has 4 heteroatoms. The van der Waals surface area contributed by atoms with Gasteiger partial charge in [-0.25, -0.2) is 4.52 Å². The zero-order valence-electron chi connectivity index (χ0n) is 16.1. The van der Waals surface area contributed by atoms with Crippen molar-refractivity contribution in [2.45, 2.75) is 51.9 Å². The van der Waals surface area contributed by atoms with E-state index in [1.54, 1.807) is 0 Å². The van der Waals surface area contributed by atoms with Gasteiger partial charge in [-0.3, -0.25) is 0 Å². The molecule has 0 aliphatic heterocycles. The normalized spacial score (nSPS) is 10.6. The van der Waals surface area contributed by atoms with Gasteiger partial charge in [-0.15, -0.1) is 12.6 Å². The molecule has 3 nitrogen and oxygen atoms in total.